The van der Waals surface area contributed by atoms with E-state index in [-0.39, 0.29) is 5.75 Å². The average Bonchev–Trinajstić information content (AvgIpc) is 2.76. The number of fused-ring (bicyclic) bond motifs is 1. The molecule has 0 aliphatic heterocycles. The van der Waals surface area contributed by atoms with Crippen LogP contribution in [-0.4, -0.2) is 19.2 Å². The van der Waals surface area contributed by atoms with Crippen LogP contribution in [0.1, 0.15) is 18.9 Å². The van der Waals surface area contributed by atoms with Crippen LogP contribution in [0.25, 0.3) is 10.8 Å². The Hall–Kier alpha value is -2.71. The lowest BCUT2D eigenvalue weighted by atomic mass is 10.1. The third-order valence-corrected chi connectivity index (χ3v) is 5.20. The number of rotatable bonds is 6. The van der Waals surface area contributed by atoms with Crippen molar-refractivity contribution in [2.75, 3.05) is 7.11 Å². The SMILES string of the molecule is CCC(Oc1cccc2c(Oc3c(Cl)cc(C(F)(F)F)c(F)c3Cl)cccc12)C(=O)OC. The van der Waals surface area contributed by atoms with Gasteiger partial charge >= 0.3 is 12.1 Å². The molecule has 1 atom stereocenters. The fourth-order valence-corrected chi connectivity index (χ4v) is 3.55. The molecule has 3 rings (SSSR count). The molecule has 0 aliphatic carbocycles. The van der Waals surface area contributed by atoms with Crippen LogP contribution in [0, 0.1) is 5.82 Å². The fourth-order valence-electron chi connectivity index (χ4n) is 3.02. The molecule has 0 saturated heterocycles. The van der Waals surface area contributed by atoms with Gasteiger partial charge in [-0.25, -0.2) is 9.18 Å². The minimum atomic E-state index is -4.98. The molecule has 3 aromatic carbocycles. The van der Waals surface area contributed by atoms with Gasteiger partial charge in [-0.15, -0.1) is 0 Å². The topological polar surface area (TPSA) is 44.8 Å². The number of halogens is 6. The number of alkyl halides is 3. The molecule has 0 amide bonds. The van der Waals surface area contributed by atoms with Gasteiger partial charge in [0.2, 0.25) is 0 Å². The molecule has 0 aliphatic rings. The highest BCUT2D eigenvalue weighted by molar-refractivity contribution is 6.37. The summed E-state index contributed by atoms with van der Waals surface area (Å²) < 4.78 is 69.4. The summed E-state index contributed by atoms with van der Waals surface area (Å²) in [5.74, 6) is -2.20. The molecule has 170 valence electrons. The third-order valence-electron chi connectivity index (χ3n) is 4.58. The normalized spacial score (nSPS) is 12.5. The second-order valence-electron chi connectivity index (χ2n) is 6.61. The molecule has 0 saturated carbocycles. The Bertz CT molecular complexity index is 1160. The monoisotopic (exact) mass is 490 g/mol. The minimum absolute atomic E-state index is 0.141. The maximum Gasteiger partial charge on any atom is 0.419 e. The van der Waals surface area contributed by atoms with E-state index < -0.39 is 45.4 Å². The van der Waals surface area contributed by atoms with Gasteiger partial charge in [0, 0.05) is 10.8 Å². The summed E-state index contributed by atoms with van der Waals surface area (Å²) in [5, 5.41) is -0.403. The standard InChI is InChI=1S/C22H16Cl2F4O4/c1-3-15(21(29)30-2)31-16-8-4-7-12-11(16)6-5-9-17(12)32-20-14(23)10-13(22(26,27)28)19(25)18(20)24/h4-10,15H,3H2,1-2H3. The summed E-state index contributed by atoms with van der Waals surface area (Å²) in [6, 6.07) is 10.1. The third kappa shape index (κ3) is 4.71. The molecular formula is C22H16Cl2F4O4. The predicted octanol–water partition coefficient (Wildman–Crippen LogP) is 7.43. The predicted molar refractivity (Wildman–Crippen MR) is 112 cm³/mol. The Labute approximate surface area is 190 Å². The molecule has 32 heavy (non-hydrogen) atoms. The zero-order valence-corrected chi connectivity index (χ0v) is 18.2. The zero-order valence-electron chi connectivity index (χ0n) is 16.7. The highest BCUT2D eigenvalue weighted by Crippen LogP contribution is 2.45. The van der Waals surface area contributed by atoms with Crippen LogP contribution < -0.4 is 9.47 Å². The summed E-state index contributed by atoms with van der Waals surface area (Å²) >= 11 is 11.8. The molecule has 0 radical (unpaired) electrons. The van der Waals surface area contributed by atoms with E-state index in [4.69, 9.17) is 37.4 Å². The van der Waals surface area contributed by atoms with Gasteiger partial charge in [0.1, 0.15) is 16.5 Å². The molecule has 10 heteroatoms. The number of benzene rings is 3. The summed E-state index contributed by atoms with van der Waals surface area (Å²) in [4.78, 5) is 11.9. The Kier molecular flexibility index (Phi) is 7.05. The van der Waals surface area contributed by atoms with Gasteiger partial charge in [0.25, 0.3) is 0 Å². The summed E-state index contributed by atoms with van der Waals surface area (Å²) in [5.41, 5.74) is -1.60. The van der Waals surface area contributed by atoms with Gasteiger partial charge in [-0.05, 0) is 24.6 Å². The van der Waals surface area contributed by atoms with Crippen molar-refractivity contribution in [3.63, 3.8) is 0 Å². The van der Waals surface area contributed by atoms with Crippen LogP contribution >= 0.6 is 23.2 Å². The second kappa shape index (κ2) is 9.42. The maximum atomic E-state index is 14.3. The Balaban J connectivity index is 2.05. The first-order valence-electron chi connectivity index (χ1n) is 9.27. The smallest absolute Gasteiger partial charge is 0.419 e. The van der Waals surface area contributed by atoms with Crippen molar-refractivity contribution in [1.82, 2.24) is 0 Å². The summed E-state index contributed by atoms with van der Waals surface area (Å²) in [7, 11) is 1.25. The lowest BCUT2D eigenvalue weighted by molar-refractivity contribution is -0.148. The highest BCUT2D eigenvalue weighted by atomic mass is 35.5. The first-order chi connectivity index (χ1) is 15.1. The molecule has 4 nitrogen and oxygen atoms in total. The number of carbonyl (C=O) groups excluding carboxylic acids is 1. The van der Waals surface area contributed by atoms with Gasteiger partial charge in [0.15, 0.2) is 17.7 Å². The van der Waals surface area contributed by atoms with Crippen molar-refractivity contribution in [3.8, 4) is 17.2 Å². The van der Waals surface area contributed by atoms with E-state index in [1.807, 2.05) is 0 Å². The van der Waals surface area contributed by atoms with E-state index in [9.17, 15) is 22.4 Å². The fraction of sp³-hybridized carbons (Fsp3) is 0.227. The Morgan fingerprint density at radius 1 is 1.06 bits per heavy atom. The molecule has 0 N–H and O–H groups in total. The molecule has 1 unspecified atom stereocenters. The Morgan fingerprint density at radius 2 is 1.66 bits per heavy atom. The maximum absolute atomic E-state index is 14.3. The second-order valence-corrected chi connectivity index (χ2v) is 7.39. The first kappa shape index (κ1) is 23.9. The Morgan fingerprint density at radius 3 is 2.22 bits per heavy atom. The van der Waals surface area contributed by atoms with Crippen LogP contribution in [0.5, 0.6) is 17.2 Å². The largest absolute Gasteiger partial charge is 0.478 e. The van der Waals surface area contributed by atoms with Crippen molar-refractivity contribution < 1.29 is 36.6 Å². The van der Waals surface area contributed by atoms with E-state index >= 15 is 0 Å². The number of hydrogen-bond donors (Lipinski definition) is 0. The van der Waals surface area contributed by atoms with Crippen LogP contribution in [-0.2, 0) is 15.7 Å². The molecule has 0 heterocycles. The van der Waals surface area contributed by atoms with Crippen molar-refractivity contribution in [1.29, 1.82) is 0 Å². The zero-order chi connectivity index (χ0) is 23.6. The van der Waals surface area contributed by atoms with Crippen molar-refractivity contribution in [2.24, 2.45) is 0 Å². The van der Waals surface area contributed by atoms with Gasteiger partial charge in [-0.2, -0.15) is 13.2 Å². The molecule has 0 aromatic heterocycles. The molecular weight excluding hydrogens is 475 g/mol. The average molecular weight is 491 g/mol. The van der Waals surface area contributed by atoms with Gasteiger partial charge in [-0.1, -0.05) is 54.4 Å². The van der Waals surface area contributed by atoms with E-state index in [0.29, 0.717) is 29.0 Å². The van der Waals surface area contributed by atoms with Crippen LogP contribution in [0.3, 0.4) is 0 Å². The van der Waals surface area contributed by atoms with Crippen LogP contribution in [0.2, 0.25) is 10.0 Å². The van der Waals surface area contributed by atoms with Gasteiger partial charge in [-0.3, -0.25) is 0 Å². The van der Waals surface area contributed by atoms with Gasteiger partial charge in [0.05, 0.1) is 17.7 Å². The van der Waals surface area contributed by atoms with Crippen molar-refractivity contribution in [3.05, 3.63) is 63.9 Å². The van der Waals surface area contributed by atoms with Crippen LogP contribution in [0.15, 0.2) is 42.5 Å². The van der Waals surface area contributed by atoms with E-state index in [1.54, 1.807) is 37.3 Å². The molecule has 3 aromatic rings. The van der Waals surface area contributed by atoms with E-state index in [0.717, 1.165) is 0 Å². The minimum Gasteiger partial charge on any atom is -0.478 e. The number of carbonyl (C=O) groups is 1. The highest BCUT2D eigenvalue weighted by Gasteiger charge is 2.37. The molecule has 0 fully saturated rings. The molecule has 0 bridgehead atoms. The number of ether oxygens (including phenoxy) is 3. The van der Waals surface area contributed by atoms with E-state index in [2.05, 4.69) is 0 Å². The van der Waals surface area contributed by atoms with E-state index in [1.165, 1.54) is 13.2 Å². The molecule has 0 spiro atoms. The van der Waals surface area contributed by atoms with Crippen LogP contribution in [0.4, 0.5) is 17.6 Å². The number of hydrogen-bond acceptors (Lipinski definition) is 4. The van der Waals surface area contributed by atoms with Crippen molar-refractivity contribution >= 4 is 39.9 Å². The lowest BCUT2D eigenvalue weighted by Gasteiger charge is -2.18. The summed E-state index contributed by atoms with van der Waals surface area (Å²) in [6.45, 7) is 1.75. The lowest BCUT2D eigenvalue weighted by Crippen LogP contribution is -2.27. The quantitative estimate of drug-likeness (QED) is 0.205. The number of esters is 1. The first-order valence-corrected chi connectivity index (χ1v) is 10.0. The summed E-state index contributed by atoms with van der Waals surface area (Å²) in [6.07, 6.45) is -5.46. The number of methoxy groups -OCH3 is 1. The van der Waals surface area contributed by atoms with Gasteiger partial charge < -0.3 is 14.2 Å². The van der Waals surface area contributed by atoms with Crippen molar-refractivity contribution in [2.45, 2.75) is 25.6 Å².